The van der Waals surface area contributed by atoms with E-state index in [1.165, 1.54) is 0 Å². The molecule has 4 nitrogen and oxygen atoms in total. The summed E-state index contributed by atoms with van der Waals surface area (Å²) in [7, 11) is 0. The van der Waals surface area contributed by atoms with Gasteiger partial charge in [0, 0.05) is 12.4 Å². The number of aliphatic carboxylic acids is 1. The molecule has 1 heterocycles. The third-order valence-electron chi connectivity index (χ3n) is 2.09. The SMILES string of the molecule is CC(C)(C)[C@H](Nc1cccnc1)C(=O)O. The third-order valence-corrected chi connectivity index (χ3v) is 2.09. The van der Waals surface area contributed by atoms with Gasteiger partial charge in [0.05, 0.1) is 5.69 Å². The molecule has 0 radical (unpaired) electrons. The Morgan fingerprint density at radius 1 is 1.53 bits per heavy atom. The van der Waals surface area contributed by atoms with Gasteiger partial charge in [0.25, 0.3) is 0 Å². The molecule has 0 spiro atoms. The number of carbonyl (C=O) groups is 1. The minimum Gasteiger partial charge on any atom is -0.480 e. The molecule has 82 valence electrons. The first-order valence-electron chi connectivity index (χ1n) is 4.80. The second kappa shape index (κ2) is 4.29. The number of nitrogens with zero attached hydrogens (tertiary/aromatic N) is 1. The van der Waals surface area contributed by atoms with E-state index in [0.29, 0.717) is 0 Å². The minimum atomic E-state index is -0.855. The standard InChI is InChI=1S/C11H16N2O2/c1-11(2,3)9(10(14)15)13-8-5-4-6-12-7-8/h4-7,9,13H,1-3H3,(H,14,15)/t9-/m1/s1. The van der Waals surface area contributed by atoms with Crippen molar-refractivity contribution in [3.8, 4) is 0 Å². The van der Waals surface area contributed by atoms with Crippen LogP contribution in [0.4, 0.5) is 5.69 Å². The number of nitrogens with one attached hydrogen (secondary N) is 1. The minimum absolute atomic E-state index is 0.346. The van der Waals surface area contributed by atoms with Crippen molar-refractivity contribution in [1.29, 1.82) is 0 Å². The summed E-state index contributed by atoms with van der Waals surface area (Å²) in [5, 5.41) is 12.0. The van der Waals surface area contributed by atoms with Crippen LogP contribution in [-0.2, 0) is 4.79 Å². The van der Waals surface area contributed by atoms with Crippen LogP contribution >= 0.6 is 0 Å². The molecule has 0 unspecified atom stereocenters. The zero-order chi connectivity index (χ0) is 11.5. The fraction of sp³-hybridized carbons (Fsp3) is 0.455. The number of anilines is 1. The number of rotatable bonds is 3. The van der Waals surface area contributed by atoms with E-state index in [-0.39, 0.29) is 5.41 Å². The van der Waals surface area contributed by atoms with Crippen LogP contribution in [-0.4, -0.2) is 22.1 Å². The van der Waals surface area contributed by atoms with E-state index in [4.69, 9.17) is 5.11 Å². The number of hydrogen-bond acceptors (Lipinski definition) is 3. The van der Waals surface area contributed by atoms with Gasteiger partial charge in [-0.3, -0.25) is 4.98 Å². The van der Waals surface area contributed by atoms with E-state index >= 15 is 0 Å². The average molecular weight is 208 g/mol. The van der Waals surface area contributed by atoms with Crippen LogP contribution in [0.15, 0.2) is 24.5 Å². The molecule has 0 aromatic carbocycles. The molecule has 15 heavy (non-hydrogen) atoms. The van der Waals surface area contributed by atoms with Crippen LogP contribution in [0, 0.1) is 5.41 Å². The van der Waals surface area contributed by atoms with Crippen LogP contribution in [0.3, 0.4) is 0 Å². The van der Waals surface area contributed by atoms with Crippen molar-refractivity contribution in [3.05, 3.63) is 24.5 Å². The molecule has 0 fully saturated rings. The highest BCUT2D eigenvalue weighted by Crippen LogP contribution is 2.22. The highest BCUT2D eigenvalue weighted by molar-refractivity contribution is 5.78. The topological polar surface area (TPSA) is 62.2 Å². The summed E-state index contributed by atoms with van der Waals surface area (Å²) in [6.45, 7) is 5.65. The lowest BCUT2D eigenvalue weighted by Gasteiger charge is -2.28. The van der Waals surface area contributed by atoms with Gasteiger partial charge in [-0.25, -0.2) is 4.79 Å². The predicted molar refractivity (Wildman–Crippen MR) is 58.7 cm³/mol. The van der Waals surface area contributed by atoms with Gasteiger partial charge >= 0.3 is 5.97 Å². The van der Waals surface area contributed by atoms with E-state index in [0.717, 1.165) is 5.69 Å². The second-order valence-electron chi connectivity index (χ2n) is 4.52. The van der Waals surface area contributed by atoms with Gasteiger partial charge in [-0.2, -0.15) is 0 Å². The number of carboxylic acids is 1. The van der Waals surface area contributed by atoms with E-state index < -0.39 is 12.0 Å². The maximum atomic E-state index is 11.1. The summed E-state index contributed by atoms with van der Waals surface area (Å²) < 4.78 is 0. The molecule has 0 aliphatic rings. The molecule has 0 amide bonds. The Hall–Kier alpha value is -1.58. The zero-order valence-corrected chi connectivity index (χ0v) is 9.19. The summed E-state index contributed by atoms with van der Waals surface area (Å²) in [5.74, 6) is -0.855. The normalized spacial score (nSPS) is 13.3. The van der Waals surface area contributed by atoms with Crippen LogP contribution in [0.5, 0.6) is 0 Å². The summed E-state index contributed by atoms with van der Waals surface area (Å²) in [6, 6.07) is 2.94. The molecular weight excluding hydrogens is 192 g/mol. The lowest BCUT2D eigenvalue weighted by molar-refractivity contribution is -0.140. The molecular formula is C11H16N2O2. The molecule has 0 aliphatic heterocycles. The molecule has 1 atom stereocenters. The van der Waals surface area contributed by atoms with Crippen molar-refractivity contribution in [2.24, 2.45) is 5.41 Å². The summed E-state index contributed by atoms with van der Waals surface area (Å²) in [4.78, 5) is 15.0. The number of carboxylic acid groups (broad SMARTS) is 1. The molecule has 1 rings (SSSR count). The highest BCUT2D eigenvalue weighted by atomic mass is 16.4. The van der Waals surface area contributed by atoms with Gasteiger partial charge in [-0.15, -0.1) is 0 Å². The largest absolute Gasteiger partial charge is 0.480 e. The third kappa shape index (κ3) is 3.23. The Balaban J connectivity index is 2.82. The first-order valence-corrected chi connectivity index (χ1v) is 4.80. The van der Waals surface area contributed by atoms with Gasteiger partial charge in [0.2, 0.25) is 0 Å². The molecule has 2 N–H and O–H groups in total. The Kier molecular flexibility index (Phi) is 3.29. The summed E-state index contributed by atoms with van der Waals surface area (Å²) in [6.07, 6.45) is 3.26. The molecule has 0 bridgehead atoms. The first-order chi connectivity index (χ1) is 6.91. The fourth-order valence-corrected chi connectivity index (χ4v) is 1.26. The van der Waals surface area contributed by atoms with Crippen LogP contribution in [0.1, 0.15) is 20.8 Å². The average Bonchev–Trinajstić information content (AvgIpc) is 2.13. The van der Waals surface area contributed by atoms with Crippen molar-refractivity contribution < 1.29 is 9.90 Å². The lowest BCUT2D eigenvalue weighted by atomic mass is 9.86. The Bertz CT molecular complexity index is 330. The summed E-state index contributed by atoms with van der Waals surface area (Å²) in [5.41, 5.74) is 0.376. The lowest BCUT2D eigenvalue weighted by Crippen LogP contribution is -2.41. The van der Waals surface area contributed by atoms with E-state index in [9.17, 15) is 4.79 Å². The van der Waals surface area contributed by atoms with E-state index in [2.05, 4.69) is 10.3 Å². The van der Waals surface area contributed by atoms with Crippen molar-refractivity contribution in [3.63, 3.8) is 0 Å². The molecule has 1 aromatic heterocycles. The van der Waals surface area contributed by atoms with Crippen LogP contribution < -0.4 is 5.32 Å². The monoisotopic (exact) mass is 208 g/mol. The fourth-order valence-electron chi connectivity index (χ4n) is 1.26. The maximum absolute atomic E-state index is 11.1. The predicted octanol–water partition coefficient (Wildman–Crippen LogP) is 1.99. The maximum Gasteiger partial charge on any atom is 0.326 e. The van der Waals surface area contributed by atoms with Crippen LogP contribution in [0.2, 0.25) is 0 Å². The summed E-state index contributed by atoms with van der Waals surface area (Å²) >= 11 is 0. The zero-order valence-electron chi connectivity index (χ0n) is 9.19. The van der Waals surface area contributed by atoms with Crippen molar-refractivity contribution in [2.45, 2.75) is 26.8 Å². The number of pyridine rings is 1. The van der Waals surface area contributed by atoms with E-state index in [1.807, 2.05) is 20.8 Å². The quantitative estimate of drug-likeness (QED) is 0.797. The van der Waals surface area contributed by atoms with Gasteiger partial charge in [-0.05, 0) is 17.5 Å². The first kappa shape index (κ1) is 11.5. The van der Waals surface area contributed by atoms with Crippen LogP contribution in [0.25, 0.3) is 0 Å². The molecule has 0 aliphatic carbocycles. The van der Waals surface area contributed by atoms with Gasteiger partial charge in [-0.1, -0.05) is 20.8 Å². The Morgan fingerprint density at radius 3 is 2.60 bits per heavy atom. The Morgan fingerprint density at radius 2 is 2.20 bits per heavy atom. The molecule has 4 heteroatoms. The van der Waals surface area contributed by atoms with E-state index in [1.54, 1.807) is 24.5 Å². The molecule has 1 aromatic rings. The molecule has 0 saturated heterocycles. The number of aromatic nitrogens is 1. The van der Waals surface area contributed by atoms with Gasteiger partial charge in [0.1, 0.15) is 6.04 Å². The smallest absolute Gasteiger partial charge is 0.326 e. The highest BCUT2D eigenvalue weighted by Gasteiger charge is 2.30. The van der Waals surface area contributed by atoms with Crippen molar-refractivity contribution >= 4 is 11.7 Å². The van der Waals surface area contributed by atoms with Gasteiger partial charge < -0.3 is 10.4 Å². The van der Waals surface area contributed by atoms with Gasteiger partial charge in [0.15, 0.2) is 0 Å². The van der Waals surface area contributed by atoms with Crippen molar-refractivity contribution in [2.75, 3.05) is 5.32 Å². The number of hydrogen-bond donors (Lipinski definition) is 2. The second-order valence-corrected chi connectivity index (χ2v) is 4.52. The Labute approximate surface area is 89.3 Å². The van der Waals surface area contributed by atoms with Crippen molar-refractivity contribution in [1.82, 2.24) is 4.98 Å². The molecule has 0 saturated carbocycles.